The van der Waals surface area contributed by atoms with Crippen LogP contribution >= 0.6 is 0 Å². The third-order valence-corrected chi connectivity index (χ3v) is 5.79. The van der Waals surface area contributed by atoms with Crippen LogP contribution in [-0.2, 0) is 17.8 Å². The number of hydrogen-bond acceptors (Lipinski definition) is 2. The highest BCUT2D eigenvalue weighted by Crippen LogP contribution is 2.35. The number of amides is 2. The van der Waals surface area contributed by atoms with Gasteiger partial charge in [0.25, 0.3) is 5.91 Å². The minimum absolute atomic E-state index is 0.0506. The van der Waals surface area contributed by atoms with Crippen LogP contribution in [0.25, 0.3) is 0 Å². The minimum Gasteiger partial charge on any atom is -0.351 e. The topological polar surface area (TPSA) is 49.4 Å². The van der Waals surface area contributed by atoms with Crippen molar-refractivity contribution in [3.05, 3.63) is 70.8 Å². The largest absolute Gasteiger partial charge is 0.351 e. The zero-order chi connectivity index (χ0) is 18.8. The lowest BCUT2D eigenvalue weighted by Crippen LogP contribution is -2.42. The second-order valence-corrected chi connectivity index (χ2v) is 7.58. The molecule has 0 radical (unpaired) electrons. The predicted molar refractivity (Wildman–Crippen MR) is 105 cm³/mol. The van der Waals surface area contributed by atoms with Crippen molar-refractivity contribution < 1.29 is 9.59 Å². The molecule has 0 spiro atoms. The second kappa shape index (κ2) is 7.55. The Morgan fingerprint density at radius 3 is 2.41 bits per heavy atom. The average Bonchev–Trinajstić information content (AvgIpc) is 3.29. The zero-order valence-electron chi connectivity index (χ0n) is 15.8. The van der Waals surface area contributed by atoms with Gasteiger partial charge >= 0.3 is 0 Å². The number of benzene rings is 2. The van der Waals surface area contributed by atoms with Crippen molar-refractivity contribution in [3.63, 3.8) is 0 Å². The normalized spacial score (nSPS) is 19.4. The van der Waals surface area contributed by atoms with Crippen LogP contribution in [0.1, 0.15) is 65.7 Å². The van der Waals surface area contributed by atoms with Gasteiger partial charge in [0.05, 0.1) is 0 Å². The van der Waals surface area contributed by atoms with Gasteiger partial charge in [-0.1, -0.05) is 62.2 Å². The number of fused-ring (bicyclic) bond motifs is 1. The number of carbonyl (C=O) groups excluding carboxylic acids is 2. The van der Waals surface area contributed by atoms with Crippen molar-refractivity contribution in [1.29, 1.82) is 0 Å². The molecule has 0 aromatic heterocycles. The molecule has 1 fully saturated rings. The molecule has 1 unspecified atom stereocenters. The number of hydrogen-bond donors (Lipinski definition) is 1. The van der Waals surface area contributed by atoms with Crippen LogP contribution in [0, 0.1) is 0 Å². The van der Waals surface area contributed by atoms with Crippen LogP contribution < -0.4 is 5.32 Å². The first-order chi connectivity index (χ1) is 13.2. The molecule has 4 nitrogen and oxygen atoms in total. The summed E-state index contributed by atoms with van der Waals surface area (Å²) < 4.78 is 0. The highest BCUT2D eigenvalue weighted by molar-refractivity contribution is 6.04. The number of nitrogens with one attached hydrogen (secondary N) is 1. The molecule has 4 heteroatoms. The molecule has 4 rings (SSSR count). The summed E-state index contributed by atoms with van der Waals surface area (Å²) >= 11 is 0. The Balaban J connectivity index is 1.61. The van der Waals surface area contributed by atoms with Crippen LogP contribution in [0.2, 0.25) is 0 Å². The van der Waals surface area contributed by atoms with E-state index in [9.17, 15) is 9.59 Å². The summed E-state index contributed by atoms with van der Waals surface area (Å²) in [6.07, 6.45) is 5.39. The van der Waals surface area contributed by atoms with Gasteiger partial charge in [-0.25, -0.2) is 0 Å². The Kier molecular flexibility index (Phi) is 4.97. The SMILES string of the molecule is CCc1ccc(CN2C(=O)c3ccccc3C2C(=O)NC2CCCC2)cc1. The van der Waals surface area contributed by atoms with Gasteiger partial charge in [-0.15, -0.1) is 0 Å². The van der Waals surface area contributed by atoms with Gasteiger partial charge in [0.15, 0.2) is 0 Å². The molecular weight excluding hydrogens is 336 g/mol. The Morgan fingerprint density at radius 1 is 1.04 bits per heavy atom. The van der Waals surface area contributed by atoms with E-state index in [1.807, 2.05) is 24.3 Å². The van der Waals surface area contributed by atoms with E-state index in [0.29, 0.717) is 12.1 Å². The van der Waals surface area contributed by atoms with E-state index in [0.717, 1.165) is 30.4 Å². The van der Waals surface area contributed by atoms with E-state index in [4.69, 9.17) is 0 Å². The van der Waals surface area contributed by atoms with Gasteiger partial charge in [0.2, 0.25) is 5.91 Å². The number of nitrogens with zero attached hydrogens (tertiary/aromatic N) is 1. The quantitative estimate of drug-likeness (QED) is 0.874. The fraction of sp³-hybridized carbons (Fsp3) is 0.391. The van der Waals surface area contributed by atoms with Crippen LogP contribution in [0.4, 0.5) is 0 Å². The summed E-state index contributed by atoms with van der Waals surface area (Å²) in [7, 11) is 0. The standard InChI is InChI=1S/C23H26N2O2/c1-2-16-11-13-17(14-12-16)15-25-21(22(26)24-18-7-3-4-8-18)19-9-5-6-10-20(19)23(25)27/h5-6,9-14,18,21H,2-4,7-8,15H2,1H3,(H,24,26). The maximum atomic E-state index is 13.1. The maximum Gasteiger partial charge on any atom is 0.255 e. The molecule has 1 saturated carbocycles. The third kappa shape index (κ3) is 3.48. The summed E-state index contributed by atoms with van der Waals surface area (Å²) in [6, 6.07) is 15.5. The van der Waals surface area contributed by atoms with E-state index in [1.54, 1.807) is 4.90 Å². The van der Waals surface area contributed by atoms with E-state index in [1.165, 1.54) is 18.4 Å². The highest BCUT2D eigenvalue weighted by atomic mass is 16.2. The molecule has 1 N–H and O–H groups in total. The van der Waals surface area contributed by atoms with Crippen LogP contribution in [0.15, 0.2) is 48.5 Å². The minimum atomic E-state index is -0.542. The van der Waals surface area contributed by atoms with Crippen LogP contribution in [-0.4, -0.2) is 22.8 Å². The molecule has 27 heavy (non-hydrogen) atoms. The lowest BCUT2D eigenvalue weighted by atomic mass is 10.0. The first-order valence-corrected chi connectivity index (χ1v) is 9.95. The van der Waals surface area contributed by atoms with Gasteiger partial charge < -0.3 is 10.2 Å². The lowest BCUT2D eigenvalue weighted by Gasteiger charge is -2.26. The van der Waals surface area contributed by atoms with Gasteiger partial charge in [0.1, 0.15) is 6.04 Å². The van der Waals surface area contributed by atoms with Gasteiger partial charge in [-0.2, -0.15) is 0 Å². The number of carbonyl (C=O) groups is 2. The van der Waals surface area contributed by atoms with Crippen molar-refractivity contribution in [2.75, 3.05) is 0 Å². The number of aryl methyl sites for hydroxylation is 1. The molecule has 2 aliphatic rings. The molecule has 0 saturated heterocycles. The van der Waals surface area contributed by atoms with Gasteiger partial charge in [-0.05, 0) is 42.0 Å². The fourth-order valence-electron chi connectivity index (χ4n) is 4.24. The van der Waals surface area contributed by atoms with E-state index < -0.39 is 6.04 Å². The molecular formula is C23H26N2O2. The van der Waals surface area contributed by atoms with Gasteiger partial charge in [-0.3, -0.25) is 9.59 Å². The fourth-order valence-corrected chi connectivity index (χ4v) is 4.24. The van der Waals surface area contributed by atoms with Crippen molar-refractivity contribution in [2.24, 2.45) is 0 Å². The van der Waals surface area contributed by atoms with E-state index in [2.05, 4.69) is 36.5 Å². The maximum absolute atomic E-state index is 13.1. The first kappa shape index (κ1) is 17.8. The summed E-state index contributed by atoms with van der Waals surface area (Å²) in [4.78, 5) is 27.8. The van der Waals surface area contributed by atoms with Crippen molar-refractivity contribution in [1.82, 2.24) is 10.2 Å². The monoisotopic (exact) mass is 362 g/mol. The Labute approximate surface area is 160 Å². The number of rotatable bonds is 5. The predicted octanol–water partition coefficient (Wildman–Crippen LogP) is 4.00. The molecule has 140 valence electrons. The van der Waals surface area contributed by atoms with Crippen molar-refractivity contribution >= 4 is 11.8 Å². The lowest BCUT2D eigenvalue weighted by molar-refractivity contribution is -0.126. The van der Waals surface area contributed by atoms with E-state index in [-0.39, 0.29) is 17.9 Å². The summed E-state index contributed by atoms with van der Waals surface area (Å²) in [6.45, 7) is 2.57. The molecule has 2 aromatic rings. The zero-order valence-corrected chi connectivity index (χ0v) is 15.8. The average molecular weight is 362 g/mol. The summed E-state index contributed by atoms with van der Waals surface area (Å²) in [5.41, 5.74) is 3.79. The second-order valence-electron chi connectivity index (χ2n) is 7.58. The first-order valence-electron chi connectivity index (χ1n) is 9.95. The van der Waals surface area contributed by atoms with Crippen molar-refractivity contribution in [3.8, 4) is 0 Å². The molecule has 2 aromatic carbocycles. The highest BCUT2D eigenvalue weighted by Gasteiger charge is 2.41. The van der Waals surface area contributed by atoms with E-state index >= 15 is 0 Å². The van der Waals surface area contributed by atoms with Crippen LogP contribution in [0.5, 0.6) is 0 Å². The Morgan fingerprint density at radius 2 is 1.70 bits per heavy atom. The summed E-state index contributed by atoms with van der Waals surface area (Å²) in [5, 5.41) is 3.18. The third-order valence-electron chi connectivity index (χ3n) is 5.79. The summed E-state index contributed by atoms with van der Waals surface area (Å²) in [5.74, 6) is -0.109. The molecule has 2 amide bonds. The molecule has 0 bridgehead atoms. The molecule has 1 aliphatic carbocycles. The Hall–Kier alpha value is -2.62. The Bertz CT molecular complexity index is 838. The molecule has 1 aliphatic heterocycles. The molecule has 1 heterocycles. The smallest absolute Gasteiger partial charge is 0.255 e. The van der Waals surface area contributed by atoms with Crippen molar-refractivity contribution in [2.45, 2.75) is 57.7 Å². The van der Waals surface area contributed by atoms with Crippen LogP contribution in [0.3, 0.4) is 0 Å². The molecule has 1 atom stereocenters. The van der Waals surface area contributed by atoms with Gasteiger partial charge in [0, 0.05) is 18.2 Å².